The van der Waals surface area contributed by atoms with E-state index in [1.807, 2.05) is 25.7 Å². The molecule has 0 aliphatic carbocycles. The van der Waals surface area contributed by atoms with E-state index in [1.165, 1.54) is 5.56 Å². The molecule has 0 unspecified atom stereocenters. The number of rotatable bonds is 3. The van der Waals surface area contributed by atoms with Crippen molar-refractivity contribution in [3.05, 3.63) is 28.1 Å². The molecule has 0 fully saturated rings. The van der Waals surface area contributed by atoms with E-state index in [9.17, 15) is 0 Å². The Labute approximate surface area is 99.3 Å². The van der Waals surface area contributed by atoms with Crippen LogP contribution in [0.2, 0.25) is 0 Å². The van der Waals surface area contributed by atoms with Gasteiger partial charge in [-0.15, -0.1) is 0 Å². The summed E-state index contributed by atoms with van der Waals surface area (Å²) >= 11 is 1.71. The molecule has 0 aromatic carbocycles. The number of aryl methyl sites for hydroxylation is 2. The Morgan fingerprint density at radius 3 is 2.81 bits per heavy atom. The number of anilines is 2. The normalized spacial score (nSPS) is 10.7. The van der Waals surface area contributed by atoms with E-state index in [0.29, 0.717) is 0 Å². The van der Waals surface area contributed by atoms with Crippen LogP contribution in [0.25, 0.3) is 0 Å². The zero-order valence-electron chi connectivity index (χ0n) is 9.77. The predicted octanol–water partition coefficient (Wildman–Crippen LogP) is 2.01. The molecule has 0 radical (unpaired) electrons. The van der Waals surface area contributed by atoms with Gasteiger partial charge in [0.15, 0.2) is 0 Å². The second-order valence-corrected chi connectivity index (χ2v) is 4.71. The van der Waals surface area contributed by atoms with Crippen LogP contribution >= 0.6 is 11.3 Å². The molecule has 2 N–H and O–H groups in total. The third kappa shape index (κ3) is 1.90. The van der Waals surface area contributed by atoms with Crippen molar-refractivity contribution >= 4 is 22.8 Å². The molecule has 2 aromatic rings. The van der Waals surface area contributed by atoms with E-state index in [2.05, 4.69) is 26.8 Å². The fraction of sp³-hybridized carbons (Fsp3) is 0.364. The number of aromatic nitrogens is 2. The molecular weight excluding hydrogens is 220 g/mol. The molecule has 5 heteroatoms. The predicted molar refractivity (Wildman–Crippen MR) is 68.8 cm³/mol. The van der Waals surface area contributed by atoms with E-state index in [1.54, 1.807) is 11.3 Å². The molecule has 0 atom stereocenters. The maximum Gasteiger partial charge on any atom is 0.150 e. The monoisotopic (exact) mass is 236 g/mol. The van der Waals surface area contributed by atoms with Gasteiger partial charge in [0, 0.05) is 20.6 Å². The van der Waals surface area contributed by atoms with Gasteiger partial charge in [0.25, 0.3) is 0 Å². The molecule has 4 nitrogen and oxygen atoms in total. The van der Waals surface area contributed by atoms with Gasteiger partial charge >= 0.3 is 0 Å². The van der Waals surface area contributed by atoms with Crippen LogP contribution in [0.4, 0.5) is 11.5 Å². The van der Waals surface area contributed by atoms with Crippen molar-refractivity contribution in [2.75, 3.05) is 17.7 Å². The minimum absolute atomic E-state index is 0.764. The molecule has 0 aliphatic heterocycles. The van der Waals surface area contributed by atoms with Crippen LogP contribution < -0.4 is 10.6 Å². The van der Waals surface area contributed by atoms with Crippen molar-refractivity contribution in [3.63, 3.8) is 0 Å². The van der Waals surface area contributed by atoms with Gasteiger partial charge in [0.05, 0.1) is 11.4 Å². The highest BCUT2D eigenvalue weighted by Crippen LogP contribution is 2.25. The Balaban J connectivity index is 2.24. The van der Waals surface area contributed by atoms with E-state index in [4.69, 9.17) is 5.73 Å². The first-order valence-electron chi connectivity index (χ1n) is 5.11. The van der Waals surface area contributed by atoms with Crippen molar-refractivity contribution in [1.82, 2.24) is 9.78 Å². The summed E-state index contributed by atoms with van der Waals surface area (Å²) in [6.07, 6.45) is 0. The molecule has 0 aliphatic rings. The highest BCUT2D eigenvalue weighted by atomic mass is 32.1. The summed E-state index contributed by atoms with van der Waals surface area (Å²) in [6, 6.07) is 2.13. The van der Waals surface area contributed by atoms with E-state index < -0.39 is 0 Å². The number of hydrogen-bond acceptors (Lipinski definition) is 4. The molecule has 2 heterocycles. The van der Waals surface area contributed by atoms with Gasteiger partial charge in [0.2, 0.25) is 0 Å². The van der Waals surface area contributed by atoms with Crippen LogP contribution in [0, 0.1) is 6.92 Å². The third-order valence-electron chi connectivity index (χ3n) is 2.60. The minimum atomic E-state index is 0.764. The smallest absolute Gasteiger partial charge is 0.150 e. The van der Waals surface area contributed by atoms with Gasteiger partial charge in [-0.05, 0) is 29.3 Å². The second kappa shape index (κ2) is 4.17. The molecule has 2 rings (SSSR count). The molecule has 86 valence electrons. The molecule has 0 saturated heterocycles. The standard InChI is InChI=1S/C11H16N4S/c1-8-10(12)11(15(3)13-8)14(2)6-9-4-5-16-7-9/h4-5,7H,6,12H2,1-3H3. The lowest BCUT2D eigenvalue weighted by Gasteiger charge is -2.19. The molecule has 2 aromatic heterocycles. The molecular formula is C11H16N4S. The fourth-order valence-electron chi connectivity index (χ4n) is 1.85. The van der Waals surface area contributed by atoms with Crippen molar-refractivity contribution in [3.8, 4) is 0 Å². The van der Waals surface area contributed by atoms with Gasteiger partial charge in [-0.25, -0.2) is 0 Å². The maximum atomic E-state index is 6.01. The second-order valence-electron chi connectivity index (χ2n) is 3.93. The van der Waals surface area contributed by atoms with Crippen LogP contribution in [0.3, 0.4) is 0 Å². The molecule has 0 bridgehead atoms. The summed E-state index contributed by atoms with van der Waals surface area (Å²) in [4.78, 5) is 2.12. The summed E-state index contributed by atoms with van der Waals surface area (Å²) in [7, 11) is 3.95. The van der Waals surface area contributed by atoms with Gasteiger partial charge in [-0.2, -0.15) is 16.4 Å². The molecule has 0 amide bonds. The average Bonchev–Trinajstić information content (AvgIpc) is 2.77. The summed E-state index contributed by atoms with van der Waals surface area (Å²) in [5, 5.41) is 8.55. The first-order chi connectivity index (χ1) is 7.59. The van der Waals surface area contributed by atoms with Crippen LogP contribution in [0.15, 0.2) is 16.8 Å². The lowest BCUT2D eigenvalue weighted by molar-refractivity contribution is 0.727. The van der Waals surface area contributed by atoms with Gasteiger partial charge < -0.3 is 10.6 Å². The SMILES string of the molecule is Cc1nn(C)c(N(C)Cc2ccsc2)c1N. The van der Waals surface area contributed by atoms with E-state index in [0.717, 1.165) is 23.7 Å². The van der Waals surface area contributed by atoms with Crippen molar-refractivity contribution < 1.29 is 0 Å². The van der Waals surface area contributed by atoms with Crippen molar-refractivity contribution in [2.24, 2.45) is 7.05 Å². The summed E-state index contributed by atoms with van der Waals surface area (Å²) in [6.45, 7) is 2.78. The Bertz CT molecular complexity index is 472. The largest absolute Gasteiger partial charge is 0.394 e. The quantitative estimate of drug-likeness (QED) is 0.886. The van der Waals surface area contributed by atoms with E-state index >= 15 is 0 Å². The molecule has 0 saturated carbocycles. The van der Waals surface area contributed by atoms with Crippen molar-refractivity contribution in [1.29, 1.82) is 0 Å². The van der Waals surface area contributed by atoms with Crippen LogP contribution in [0.5, 0.6) is 0 Å². The Kier molecular flexibility index (Phi) is 2.87. The zero-order chi connectivity index (χ0) is 11.7. The first-order valence-corrected chi connectivity index (χ1v) is 6.05. The highest BCUT2D eigenvalue weighted by Gasteiger charge is 2.14. The Morgan fingerprint density at radius 1 is 1.56 bits per heavy atom. The summed E-state index contributed by atoms with van der Waals surface area (Å²) in [5.41, 5.74) is 8.96. The van der Waals surface area contributed by atoms with Gasteiger partial charge in [0.1, 0.15) is 5.82 Å². The van der Waals surface area contributed by atoms with Gasteiger partial charge in [-0.1, -0.05) is 0 Å². The third-order valence-corrected chi connectivity index (χ3v) is 3.33. The number of nitrogen functional groups attached to an aromatic ring is 1. The first kappa shape index (κ1) is 11.0. The molecule has 16 heavy (non-hydrogen) atoms. The minimum Gasteiger partial charge on any atom is -0.394 e. The van der Waals surface area contributed by atoms with E-state index in [-0.39, 0.29) is 0 Å². The van der Waals surface area contributed by atoms with Gasteiger partial charge in [-0.3, -0.25) is 4.68 Å². The highest BCUT2D eigenvalue weighted by molar-refractivity contribution is 7.07. The van der Waals surface area contributed by atoms with Crippen molar-refractivity contribution in [2.45, 2.75) is 13.5 Å². The van der Waals surface area contributed by atoms with Crippen LogP contribution in [0.1, 0.15) is 11.3 Å². The zero-order valence-corrected chi connectivity index (χ0v) is 10.6. The summed E-state index contributed by atoms with van der Waals surface area (Å²) < 4.78 is 1.83. The number of nitrogens with zero attached hydrogens (tertiary/aromatic N) is 3. The van der Waals surface area contributed by atoms with Crippen LogP contribution in [-0.4, -0.2) is 16.8 Å². The lowest BCUT2D eigenvalue weighted by Crippen LogP contribution is -2.20. The topological polar surface area (TPSA) is 47.1 Å². The molecule has 0 spiro atoms. The summed E-state index contributed by atoms with van der Waals surface area (Å²) in [5.74, 6) is 0.976. The maximum absolute atomic E-state index is 6.01. The fourth-order valence-corrected chi connectivity index (χ4v) is 2.51. The Hall–Kier alpha value is -1.49. The number of nitrogens with two attached hydrogens (primary N) is 1. The van der Waals surface area contributed by atoms with Crippen LogP contribution in [-0.2, 0) is 13.6 Å². The average molecular weight is 236 g/mol. The number of hydrogen-bond donors (Lipinski definition) is 1. The number of thiophene rings is 1. The lowest BCUT2D eigenvalue weighted by atomic mass is 10.3. The Morgan fingerprint density at radius 2 is 2.31 bits per heavy atom.